The number of aromatic nitrogens is 2. The van der Waals surface area contributed by atoms with Crippen LogP contribution in [0.25, 0.3) is 0 Å². The molecule has 2 aromatic rings. The van der Waals surface area contributed by atoms with Gasteiger partial charge in [0.2, 0.25) is 0 Å². The first kappa shape index (κ1) is 18.4. The molecule has 0 fully saturated rings. The van der Waals surface area contributed by atoms with E-state index in [2.05, 4.69) is 57.6 Å². The average molecular weight is 277 g/mol. The van der Waals surface area contributed by atoms with Crippen molar-refractivity contribution >= 4 is 0 Å². The predicted molar refractivity (Wildman–Crippen MR) is 89.5 cm³/mol. The number of nitrogens with two attached hydrogens (primary N) is 1. The lowest BCUT2D eigenvalue weighted by molar-refractivity contribution is 0.741. The summed E-state index contributed by atoms with van der Waals surface area (Å²) < 4.78 is 3.74. The van der Waals surface area contributed by atoms with Crippen molar-refractivity contribution in [3.05, 3.63) is 48.0 Å². The molecule has 0 saturated carbocycles. The molecule has 2 N–H and O–H groups in total. The molecule has 3 nitrogen and oxygen atoms in total. The summed E-state index contributed by atoms with van der Waals surface area (Å²) in [5, 5.41) is 0. The van der Waals surface area contributed by atoms with Gasteiger partial charge in [0.1, 0.15) is 0 Å². The van der Waals surface area contributed by atoms with E-state index in [1.54, 1.807) is 4.68 Å². The SMILES string of the molecule is CC.CC(C)c1cccn1C.CC(C)c1ccn(N)c1. The lowest BCUT2D eigenvalue weighted by Crippen LogP contribution is -2.03. The summed E-state index contributed by atoms with van der Waals surface area (Å²) in [6.45, 7) is 12.7. The monoisotopic (exact) mass is 277 g/mol. The van der Waals surface area contributed by atoms with Gasteiger partial charge >= 0.3 is 0 Å². The Labute approximate surface area is 124 Å². The minimum absolute atomic E-state index is 0.579. The first-order valence-electron chi connectivity index (χ1n) is 7.46. The highest BCUT2D eigenvalue weighted by Crippen LogP contribution is 2.12. The normalized spacial score (nSPS) is 9.85. The van der Waals surface area contributed by atoms with Crippen LogP contribution in [-0.4, -0.2) is 9.24 Å². The molecule has 0 saturated heterocycles. The van der Waals surface area contributed by atoms with Crippen LogP contribution in [0.2, 0.25) is 0 Å². The van der Waals surface area contributed by atoms with Gasteiger partial charge in [-0.05, 0) is 35.6 Å². The third kappa shape index (κ3) is 6.00. The topological polar surface area (TPSA) is 35.9 Å². The Kier molecular flexibility index (Phi) is 8.53. The third-order valence-corrected chi connectivity index (χ3v) is 2.98. The fourth-order valence-corrected chi connectivity index (χ4v) is 1.85. The summed E-state index contributed by atoms with van der Waals surface area (Å²) in [5.41, 5.74) is 2.69. The third-order valence-electron chi connectivity index (χ3n) is 2.98. The Morgan fingerprint density at radius 1 is 0.950 bits per heavy atom. The van der Waals surface area contributed by atoms with E-state index in [-0.39, 0.29) is 0 Å². The summed E-state index contributed by atoms with van der Waals surface area (Å²) in [7, 11) is 2.08. The number of hydrogen-bond donors (Lipinski definition) is 1. The minimum atomic E-state index is 0.579. The molecule has 2 rings (SSSR count). The highest BCUT2D eigenvalue weighted by atomic mass is 15.3. The zero-order chi connectivity index (χ0) is 15.7. The number of rotatable bonds is 2. The van der Waals surface area contributed by atoms with E-state index in [9.17, 15) is 0 Å². The van der Waals surface area contributed by atoms with Gasteiger partial charge < -0.3 is 10.4 Å². The Bertz CT molecular complexity index is 464. The first-order valence-corrected chi connectivity index (χ1v) is 7.46. The van der Waals surface area contributed by atoms with E-state index in [1.165, 1.54) is 11.3 Å². The predicted octanol–water partition coefficient (Wildman–Crippen LogP) is 4.50. The highest BCUT2D eigenvalue weighted by molar-refractivity contribution is 5.14. The minimum Gasteiger partial charge on any atom is -0.354 e. The van der Waals surface area contributed by atoms with Crippen LogP contribution in [0.3, 0.4) is 0 Å². The zero-order valence-electron chi connectivity index (χ0n) is 14.1. The molecular formula is C17H31N3. The van der Waals surface area contributed by atoms with E-state index >= 15 is 0 Å². The Hall–Kier alpha value is -1.64. The zero-order valence-corrected chi connectivity index (χ0v) is 14.1. The molecule has 20 heavy (non-hydrogen) atoms. The van der Waals surface area contributed by atoms with Crippen LogP contribution >= 0.6 is 0 Å². The van der Waals surface area contributed by atoms with Gasteiger partial charge in [-0.25, -0.2) is 0 Å². The maximum absolute atomic E-state index is 5.43. The number of aryl methyl sites for hydroxylation is 1. The van der Waals surface area contributed by atoms with Gasteiger partial charge in [-0.15, -0.1) is 0 Å². The van der Waals surface area contributed by atoms with Crippen LogP contribution in [0.1, 0.15) is 64.6 Å². The summed E-state index contributed by atoms with van der Waals surface area (Å²) in [5.74, 6) is 6.66. The molecule has 0 radical (unpaired) electrons. The summed E-state index contributed by atoms with van der Waals surface area (Å²) >= 11 is 0. The van der Waals surface area contributed by atoms with Crippen LogP contribution in [0.15, 0.2) is 36.8 Å². The van der Waals surface area contributed by atoms with Crippen molar-refractivity contribution in [2.24, 2.45) is 7.05 Å². The molecule has 0 aromatic carbocycles. The Morgan fingerprint density at radius 3 is 1.75 bits per heavy atom. The fraction of sp³-hybridized carbons (Fsp3) is 0.529. The molecular weight excluding hydrogens is 246 g/mol. The van der Waals surface area contributed by atoms with E-state index in [1.807, 2.05) is 32.3 Å². The van der Waals surface area contributed by atoms with Crippen molar-refractivity contribution in [2.75, 3.05) is 5.84 Å². The smallest absolute Gasteiger partial charge is 0.0290 e. The van der Waals surface area contributed by atoms with Gasteiger partial charge in [0.05, 0.1) is 0 Å². The average Bonchev–Trinajstić information content (AvgIpc) is 3.01. The van der Waals surface area contributed by atoms with Crippen molar-refractivity contribution in [2.45, 2.75) is 53.4 Å². The molecule has 0 bridgehead atoms. The lowest BCUT2D eigenvalue weighted by Gasteiger charge is -2.04. The number of hydrogen-bond acceptors (Lipinski definition) is 1. The van der Waals surface area contributed by atoms with Gasteiger partial charge in [-0.1, -0.05) is 41.5 Å². The maximum atomic E-state index is 5.43. The highest BCUT2D eigenvalue weighted by Gasteiger charge is 1.99. The van der Waals surface area contributed by atoms with Crippen LogP contribution < -0.4 is 5.84 Å². The number of nitrogen functional groups attached to an aromatic ring is 1. The van der Waals surface area contributed by atoms with Crippen molar-refractivity contribution < 1.29 is 0 Å². The molecule has 3 heteroatoms. The number of nitrogens with zero attached hydrogens (tertiary/aromatic N) is 2. The van der Waals surface area contributed by atoms with Crippen LogP contribution in [0.5, 0.6) is 0 Å². The van der Waals surface area contributed by atoms with Gasteiger partial charge in [-0.3, -0.25) is 4.68 Å². The van der Waals surface area contributed by atoms with Crippen LogP contribution in [0, 0.1) is 0 Å². The molecule has 2 heterocycles. The summed E-state index contributed by atoms with van der Waals surface area (Å²) in [6, 6.07) is 6.27. The molecule has 0 spiro atoms. The molecule has 0 aliphatic rings. The van der Waals surface area contributed by atoms with E-state index in [4.69, 9.17) is 5.84 Å². The second-order valence-electron chi connectivity index (χ2n) is 5.25. The van der Waals surface area contributed by atoms with Gasteiger partial charge in [-0.2, -0.15) is 0 Å². The second kappa shape index (κ2) is 9.29. The van der Waals surface area contributed by atoms with Crippen LogP contribution in [0.4, 0.5) is 0 Å². The van der Waals surface area contributed by atoms with Crippen molar-refractivity contribution in [3.63, 3.8) is 0 Å². The standard InChI is InChI=1S/C8H13N.C7H12N2.C2H6/c1-7(2)8-5-4-6-9(8)3;1-6(2)7-3-4-9(8)5-7;1-2/h4-7H,1-3H3;3-6H,8H2,1-2H3;1-2H3. The van der Waals surface area contributed by atoms with E-state index in [0.29, 0.717) is 11.8 Å². The lowest BCUT2D eigenvalue weighted by atomic mass is 10.1. The first-order chi connectivity index (χ1) is 9.41. The summed E-state index contributed by atoms with van der Waals surface area (Å²) in [4.78, 5) is 0. The van der Waals surface area contributed by atoms with Gasteiger partial charge in [0.15, 0.2) is 0 Å². The molecule has 114 valence electrons. The van der Waals surface area contributed by atoms with E-state index < -0.39 is 0 Å². The molecule has 0 atom stereocenters. The molecule has 0 aliphatic heterocycles. The quantitative estimate of drug-likeness (QED) is 0.806. The van der Waals surface area contributed by atoms with Crippen molar-refractivity contribution in [1.82, 2.24) is 9.24 Å². The Balaban J connectivity index is 0.000000321. The largest absolute Gasteiger partial charge is 0.354 e. The molecule has 0 aliphatic carbocycles. The molecule has 0 unspecified atom stereocenters. The Morgan fingerprint density at radius 2 is 1.55 bits per heavy atom. The fourth-order valence-electron chi connectivity index (χ4n) is 1.85. The summed E-state index contributed by atoms with van der Waals surface area (Å²) in [6.07, 6.45) is 5.87. The molecule has 0 amide bonds. The maximum Gasteiger partial charge on any atom is 0.0290 e. The van der Waals surface area contributed by atoms with Gasteiger partial charge in [0.25, 0.3) is 0 Å². The van der Waals surface area contributed by atoms with E-state index in [0.717, 1.165) is 0 Å². The molecule has 2 aromatic heterocycles. The van der Waals surface area contributed by atoms with Gasteiger partial charge in [0, 0.05) is 31.3 Å². The van der Waals surface area contributed by atoms with Crippen LogP contribution in [-0.2, 0) is 7.05 Å². The second-order valence-corrected chi connectivity index (χ2v) is 5.25. The van der Waals surface area contributed by atoms with Crippen molar-refractivity contribution in [3.8, 4) is 0 Å². The van der Waals surface area contributed by atoms with Crippen molar-refractivity contribution in [1.29, 1.82) is 0 Å².